The summed E-state index contributed by atoms with van der Waals surface area (Å²) in [5.41, 5.74) is 5.86. The number of nitrogens with two attached hydrogens (primary N) is 1. The van der Waals surface area contributed by atoms with Gasteiger partial charge in [-0.05, 0) is 32.1 Å². The van der Waals surface area contributed by atoms with Crippen molar-refractivity contribution in [3.63, 3.8) is 0 Å². The summed E-state index contributed by atoms with van der Waals surface area (Å²) in [7, 11) is 0. The fourth-order valence-electron chi connectivity index (χ4n) is 3.29. The monoisotopic (exact) mass is 254 g/mol. The molecule has 2 aliphatic heterocycles. The van der Waals surface area contributed by atoms with Gasteiger partial charge in [-0.2, -0.15) is 0 Å². The topological polar surface area (TPSA) is 55.6 Å². The van der Waals surface area contributed by atoms with E-state index < -0.39 is 0 Å². The third-order valence-electron chi connectivity index (χ3n) is 4.65. The van der Waals surface area contributed by atoms with Gasteiger partial charge in [-0.1, -0.05) is 13.3 Å². The van der Waals surface area contributed by atoms with Crippen molar-refractivity contribution in [2.24, 2.45) is 17.6 Å². The normalized spacial score (nSPS) is 36.9. The molecule has 2 rings (SSSR count). The Morgan fingerprint density at radius 3 is 2.78 bits per heavy atom. The highest BCUT2D eigenvalue weighted by atomic mass is 16.5. The number of carbonyl (C=O) groups is 1. The van der Waals surface area contributed by atoms with Gasteiger partial charge in [0.1, 0.15) is 0 Å². The first-order valence-corrected chi connectivity index (χ1v) is 7.29. The van der Waals surface area contributed by atoms with E-state index in [2.05, 4.69) is 6.92 Å². The number of hydrogen-bond acceptors (Lipinski definition) is 3. The van der Waals surface area contributed by atoms with E-state index in [1.54, 1.807) is 0 Å². The van der Waals surface area contributed by atoms with Gasteiger partial charge in [-0.25, -0.2) is 0 Å². The molecule has 18 heavy (non-hydrogen) atoms. The van der Waals surface area contributed by atoms with E-state index in [4.69, 9.17) is 10.5 Å². The van der Waals surface area contributed by atoms with E-state index in [9.17, 15) is 4.79 Å². The molecule has 0 bridgehead atoms. The lowest BCUT2D eigenvalue weighted by atomic mass is 9.87. The molecule has 2 aliphatic rings. The molecule has 4 nitrogen and oxygen atoms in total. The number of amides is 1. The highest BCUT2D eigenvalue weighted by Crippen LogP contribution is 2.29. The lowest BCUT2D eigenvalue weighted by molar-refractivity contribution is -0.141. The number of hydrogen-bond donors (Lipinski definition) is 1. The van der Waals surface area contributed by atoms with Crippen molar-refractivity contribution in [1.29, 1.82) is 0 Å². The SMILES string of the molecule is CCC1CCN(C(=O)C2CCOC2C)C(CN)C1. The van der Waals surface area contributed by atoms with Crippen LogP contribution in [0.25, 0.3) is 0 Å². The minimum atomic E-state index is 0.0530. The van der Waals surface area contributed by atoms with Gasteiger partial charge in [0, 0.05) is 25.7 Å². The van der Waals surface area contributed by atoms with Crippen LogP contribution in [0.15, 0.2) is 0 Å². The molecule has 4 atom stereocenters. The van der Waals surface area contributed by atoms with Gasteiger partial charge < -0.3 is 15.4 Å². The Hall–Kier alpha value is -0.610. The van der Waals surface area contributed by atoms with Crippen LogP contribution in [0.2, 0.25) is 0 Å². The Kier molecular flexibility index (Phi) is 4.62. The third kappa shape index (κ3) is 2.69. The molecular weight excluding hydrogens is 228 g/mol. The molecule has 0 spiro atoms. The van der Waals surface area contributed by atoms with Gasteiger partial charge >= 0.3 is 0 Å². The predicted molar refractivity (Wildman–Crippen MR) is 71.1 cm³/mol. The van der Waals surface area contributed by atoms with Crippen molar-refractivity contribution >= 4 is 5.91 Å². The lowest BCUT2D eigenvalue weighted by Crippen LogP contribution is -2.52. The molecule has 0 saturated carbocycles. The zero-order chi connectivity index (χ0) is 13.1. The van der Waals surface area contributed by atoms with E-state index in [-0.39, 0.29) is 24.0 Å². The van der Waals surface area contributed by atoms with Gasteiger partial charge in [0.25, 0.3) is 0 Å². The zero-order valence-corrected chi connectivity index (χ0v) is 11.6. The van der Waals surface area contributed by atoms with Crippen LogP contribution in [0.4, 0.5) is 0 Å². The second-order valence-corrected chi connectivity index (χ2v) is 5.69. The van der Waals surface area contributed by atoms with Crippen molar-refractivity contribution in [2.45, 2.75) is 51.7 Å². The molecule has 2 fully saturated rings. The van der Waals surface area contributed by atoms with Gasteiger partial charge in [-0.3, -0.25) is 4.79 Å². The van der Waals surface area contributed by atoms with Crippen LogP contribution in [0.1, 0.15) is 39.5 Å². The van der Waals surface area contributed by atoms with Gasteiger partial charge in [0.2, 0.25) is 5.91 Å². The summed E-state index contributed by atoms with van der Waals surface area (Å²) in [6, 6.07) is 0.240. The molecule has 0 radical (unpaired) electrons. The summed E-state index contributed by atoms with van der Waals surface area (Å²) in [5, 5.41) is 0. The Labute approximate surface area is 110 Å². The number of rotatable bonds is 3. The van der Waals surface area contributed by atoms with E-state index >= 15 is 0 Å². The predicted octanol–water partition coefficient (Wildman–Crippen LogP) is 1.39. The first-order valence-electron chi connectivity index (χ1n) is 7.29. The summed E-state index contributed by atoms with van der Waals surface area (Å²) >= 11 is 0. The first-order chi connectivity index (χ1) is 8.67. The summed E-state index contributed by atoms with van der Waals surface area (Å²) in [6.07, 6.45) is 4.33. The maximum Gasteiger partial charge on any atom is 0.228 e. The summed E-state index contributed by atoms with van der Waals surface area (Å²) in [6.45, 7) is 6.41. The molecule has 0 aliphatic carbocycles. The Bertz CT molecular complexity index is 296. The minimum Gasteiger partial charge on any atom is -0.378 e. The van der Waals surface area contributed by atoms with E-state index in [1.807, 2.05) is 11.8 Å². The zero-order valence-electron chi connectivity index (χ0n) is 11.6. The molecule has 2 N–H and O–H groups in total. The smallest absolute Gasteiger partial charge is 0.228 e. The van der Waals surface area contributed by atoms with Crippen LogP contribution >= 0.6 is 0 Å². The third-order valence-corrected chi connectivity index (χ3v) is 4.65. The van der Waals surface area contributed by atoms with E-state index in [0.717, 1.165) is 38.3 Å². The van der Waals surface area contributed by atoms with Crippen LogP contribution in [0.3, 0.4) is 0 Å². The second-order valence-electron chi connectivity index (χ2n) is 5.69. The van der Waals surface area contributed by atoms with Gasteiger partial charge in [-0.15, -0.1) is 0 Å². The molecule has 4 unspecified atom stereocenters. The van der Waals surface area contributed by atoms with Crippen LogP contribution in [-0.4, -0.2) is 42.6 Å². The van der Waals surface area contributed by atoms with E-state index in [0.29, 0.717) is 6.54 Å². The van der Waals surface area contributed by atoms with Crippen molar-refractivity contribution in [1.82, 2.24) is 4.90 Å². The summed E-state index contributed by atoms with van der Waals surface area (Å²) < 4.78 is 5.51. The Morgan fingerprint density at radius 2 is 2.22 bits per heavy atom. The lowest BCUT2D eigenvalue weighted by Gasteiger charge is -2.40. The summed E-state index contributed by atoms with van der Waals surface area (Å²) in [4.78, 5) is 14.6. The molecule has 0 aromatic heterocycles. The fourth-order valence-corrected chi connectivity index (χ4v) is 3.29. The number of nitrogens with zero attached hydrogens (tertiary/aromatic N) is 1. The Morgan fingerprint density at radius 1 is 1.44 bits per heavy atom. The number of piperidine rings is 1. The van der Waals surface area contributed by atoms with Crippen LogP contribution in [-0.2, 0) is 9.53 Å². The highest BCUT2D eigenvalue weighted by Gasteiger charge is 2.38. The summed E-state index contributed by atoms with van der Waals surface area (Å²) in [5.74, 6) is 1.06. The molecule has 2 saturated heterocycles. The second kappa shape index (κ2) is 6.02. The molecule has 0 aromatic carbocycles. The van der Waals surface area contributed by atoms with Crippen molar-refractivity contribution in [3.8, 4) is 0 Å². The maximum absolute atomic E-state index is 12.6. The largest absolute Gasteiger partial charge is 0.378 e. The average Bonchev–Trinajstić information content (AvgIpc) is 2.83. The molecule has 1 amide bonds. The van der Waals surface area contributed by atoms with Crippen LogP contribution in [0.5, 0.6) is 0 Å². The number of carbonyl (C=O) groups excluding carboxylic acids is 1. The van der Waals surface area contributed by atoms with E-state index in [1.165, 1.54) is 6.42 Å². The quantitative estimate of drug-likeness (QED) is 0.828. The highest BCUT2D eigenvalue weighted by molar-refractivity contribution is 5.80. The minimum absolute atomic E-state index is 0.0530. The molecule has 0 aromatic rings. The number of likely N-dealkylation sites (tertiary alicyclic amines) is 1. The molecule has 2 heterocycles. The maximum atomic E-state index is 12.6. The van der Waals surface area contributed by atoms with Gasteiger partial charge in [0.05, 0.1) is 12.0 Å². The van der Waals surface area contributed by atoms with Crippen molar-refractivity contribution in [2.75, 3.05) is 19.7 Å². The molecule has 4 heteroatoms. The standard InChI is InChI=1S/C14H26N2O2/c1-3-11-4-6-16(12(8-11)9-15)14(17)13-5-7-18-10(13)2/h10-13H,3-9,15H2,1-2H3. The van der Waals surface area contributed by atoms with Gasteiger partial charge in [0.15, 0.2) is 0 Å². The molecule has 104 valence electrons. The fraction of sp³-hybridized carbons (Fsp3) is 0.929. The van der Waals surface area contributed by atoms with Crippen LogP contribution in [0, 0.1) is 11.8 Å². The number of ether oxygens (including phenoxy) is 1. The first kappa shape index (κ1) is 13.8. The molecular formula is C14H26N2O2. The van der Waals surface area contributed by atoms with Crippen molar-refractivity contribution < 1.29 is 9.53 Å². The Balaban J connectivity index is 2.00. The van der Waals surface area contributed by atoms with Crippen molar-refractivity contribution in [3.05, 3.63) is 0 Å². The van der Waals surface area contributed by atoms with Crippen LogP contribution < -0.4 is 5.73 Å². The average molecular weight is 254 g/mol.